The van der Waals surface area contributed by atoms with Crippen molar-refractivity contribution in [1.29, 1.82) is 5.26 Å². The van der Waals surface area contributed by atoms with Crippen molar-refractivity contribution in [2.45, 2.75) is 0 Å². The number of fused-ring (bicyclic) bond motifs is 7. The van der Waals surface area contributed by atoms with Crippen LogP contribution >= 0.6 is 0 Å². The molecule has 0 saturated heterocycles. The summed E-state index contributed by atoms with van der Waals surface area (Å²) in [5, 5.41) is 14.8. The molecular weight excluding hydrogens is 633 g/mol. The number of hydrogen-bond acceptors (Lipinski definition) is 2. The first kappa shape index (κ1) is 29.7. The Morgan fingerprint density at radius 1 is 0.423 bits per heavy atom. The predicted molar refractivity (Wildman–Crippen MR) is 214 cm³/mol. The maximum Gasteiger partial charge on any atom is 0.101 e. The summed E-state index contributed by atoms with van der Waals surface area (Å²) in [6.45, 7) is 0. The third-order valence-corrected chi connectivity index (χ3v) is 10.1. The molecule has 52 heavy (non-hydrogen) atoms. The first-order chi connectivity index (χ1) is 25.8. The van der Waals surface area contributed by atoms with E-state index in [1.54, 1.807) is 0 Å². The van der Waals surface area contributed by atoms with Gasteiger partial charge in [-0.2, -0.15) is 5.26 Å². The van der Waals surface area contributed by atoms with Crippen LogP contribution in [0.2, 0.25) is 0 Å². The van der Waals surface area contributed by atoms with Crippen LogP contribution in [0.3, 0.4) is 0 Å². The van der Waals surface area contributed by atoms with Crippen LogP contribution in [-0.4, -0.2) is 14.1 Å². The molecule has 0 saturated carbocycles. The highest BCUT2D eigenvalue weighted by Crippen LogP contribution is 2.42. The summed E-state index contributed by atoms with van der Waals surface area (Å²) in [5.74, 6) is 0. The van der Waals surface area contributed by atoms with Gasteiger partial charge in [0.2, 0.25) is 0 Å². The second kappa shape index (κ2) is 12.0. The summed E-state index contributed by atoms with van der Waals surface area (Å²) >= 11 is 0. The minimum absolute atomic E-state index is 0.638. The molecule has 0 N–H and O–H groups in total. The molecule has 4 nitrogen and oxygen atoms in total. The topological polar surface area (TPSA) is 46.5 Å². The van der Waals surface area contributed by atoms with E-state index in [1.807, 2.05) is 30.3 Å². The van der Waals surface area contributed by atoms with E-state index in [0.717, 1.165) is 77.9 Å². The fourth-order valence-corrected chi connectivity index (χ4v) is 7.84. The van der Waals surface area contributed by atoms with Crippen LogP contribution in [0.5, 0.6) is 0 Å². The van der Waals surface area contributed by atoms with Crippen LogP contribution in [0.1, 0.15) is 5.56 Å². The minimum Gasteiger partial charge on any atom is -0.309 e. The number of benzene rings is 7. The zero-order chi connectivity index (χ0) is 34.6. The molecule has 0 spiro atoms. The number of hydrogen-bond donors (Lipinski definition) is 0. The second-order valence-corrected chi connectivity index (χ2v) is 13.1. The molecule has 3 heterocycles. The molecule has 4 heteroatoms. The maximum absolute atomic E-state index is 10.1. The number of nitrogens with zero attached hydrogens (tertiary/aromatic N) is 4. The van der Waals surface area contributed by atoms with Crippen LogP contribution in [0.4, 0.5) is 0 Å². The molecule has 0 fully saturated rings. The monoisotopic (exact) mass is 662 g/mol. The third-order valence-electron chi connectivity index (χ3n) is 10.1. The molecule has 0 radical (unpaired) electrons. The number of rotatable bonds is 5. The van der Waals surface area contributed by atoms with Gasteiger partial charge in [-0.1, -0.05) is 127 Å². The van der Waals surface area contributed by atoms with Crippen molar-refractivity contribution in [3.05, 3.63) is 188 Å². The van der Waals surface area contributed by atoms with Gasteiger partial charge >= 0.3 is 0 Å². The Hall–Kier alpha value is -7.22. The predicted octanol–water partition coefficient (Wildman–Crippen LogP) is 12.1. The lowest BCUT2D eigenvalue weighted by atomic mass is 10.00. The fourth-order valence-electron chi connectivity index (χ4n) is 7.84. The lowest BCUT2D eigenvalue weighted by molar-refractivity contribution is 1.16. The van der Waals surface area contributed by atoms with Gasteiger partial charge in [-0.15, -0.1) is 0 Å². The molecule has 0 atom stereocenters. The first-order valence-corrected chi connectivity index (χ1v) is 17.5. The van der Waals surface area contributed by atoms with Crippen molar-refractivity contribution in [3.8, 4) is 51.1 Å². The van der Waals surface area contributed by atoms with Crippen LogP contribution in [0.25, 0.3) is 88.6 Å². The van der Waals surface area contributed by atoms with E-state index >= 15 is 0 Å². The molecule has 0 unspecified atom stereocenters. The highest BCUT2D eigenvalue weighted by Gasteiger charge is 2.22. The van der Waals surface area contributed by atoms with E-state index in [9.17, 15) is 5.26 Å². The van der Waals surface area contributed by atoms with Crippen molar-refractivity contribution in [2.75, 3.05) is 0 Å². The molecule has 0 amide bonds. The number of pyridine rings is 1. The fraction of sp³-hybridized carbons (Fsp3) is 0. The molecule has 0 aliphatic carbocycles. The molecule has 7 aromatic carbocycles. The summed E-state index contributed by atoms with van der Waals surface area (Å²) in [6, 6.07) is 65.9. The summed E-state index contributed by atoms with van der Waals surface area (Å²) < 4.78 is 4.65. The quantitative estimate of drug-likeness (QED) is 0.184. The van der Waals surface area contributed by atoms with E-state index in [-0.39, 0.29) is 0 Å². The van der Waals surface area contributed by atoms with Crippen molar-refractivity contribution in [1.82, 2.24) is 14.1 Å². The lowest BCUT2D eigenvalue weighted by Crippen LogP contribution is -1.98. The molecular formula is C48H30N4. The van der Waals surface area contributed by atoms with Crippen molar-refractivity contribution < 1.29 is 0 Å². The molecule has 10 aromatic rings. The van der Waals surface area contributed by atoms with Gasteiger partial charge in [0, 0.05) is 38.4 Å². The second-order valence-electron chi connectivity index (χ2n) is 13.1. The van der Waals surface area contributed by atoms with E-state index in [4.69, 9.17) is 4.98 Å². The Bertz CT molecular complexity index is 2960. The Morgan fingerprint density at radius 3 is 1.81 bits per heavy atom. The smallest absolute Gasteiger partial charge is 0.101 e. The van der Waals surface area contributed by atoms with Crippen molar-refractivity contribution in [2.24, 2.45) is 0 Å². The summed E-state index contributed by atoms with van der Waals surface area (Å²) in [5.41, 5.74) is 13.2. The van der Waals surface area contributed by atoms with Gasteiger partial charge < -0.3 is 9.13 Å². The van der Waals surface area contributed by atoms with Crippen LogP contribution in [0, 0.1) is 11.3 Å². The summed E-state index contributed by atoms with van der Waals surface area (Å²) in [4.78, 5) is 5.25. The summed E-state index contributed by atoms with van der Waals surface area (Å²) in [6.07, 6.45) is 0. The summed E-state index contributed by atoms with van der Waals surface area (Å²) in [7, 11) is 0. The number of para-hydroxylation sites is 3. The Balaban J connectivity index is 1.26. The Morgan fingerprint density at radius 2 is 1.04 bits per heavy atom. The van der Waals surface area contributed by atoms with Gasteiger partial charge in [0.15, 0.2) is 0 Å². The SMILES string of the molecule is N#Cc1ccccc1-n1c2ccccc2c2c1ccc1c3ccccc3n(-c3cccc(-c4cc(-c5ccccc5)cc(-c5ccccc5)n4)c3)c12. The lowest BCUT2D eigenvalue weighted by Gasteiger charge is -2.13. The van der Waals surface area contributed by atoms with E-state index < -0.39 is 0 Å². The molecule has 0 bridgehead atoms. The Labute approximate surface area is 300 Å². The van der Waals surface area contributed by atoms with Crippen molar-refractivity contribution in [3.63, 3.8) is 0 Å². The van der Waals surface area contributed by atoms with Gasteiger partial charge in [-0.3, -0.25) is 0 Å². The normalized spacial score (nSPS) is 11.4. The average molecular weight is 663 g/mol. The third kappa shape index (κ3) is 4.65. The van der Waals surface area contributed by atoms with E-state index in [2.05, 4.69) is 167 Å². The van der Waals surface area contributed by atoms with Crippen LogP contribution < -0.4 is 0 Å². The standard InChI is InChI=1S/C48H30N4/c49-31-35-18-7-10-23-43(35)52-45-25-12-9-22-40(45)47-46(52)27-26-39-38-21-8-11-24-44(38)51(48(39)47)37-20-13-19-34(28-37)42-30-36(32-14-3-1-4-15-32)29-41(50-42)33-16-5-2-6-17-33/h1-30H. The molecule has 242 valence electrons. The van der Waals surface area contributed by atoms with Gasteiger partial charge in [0.1, 0.15) is 6.07 Å². The molecule has 0 aliphatic heterocycles. The van der Waals surface area contributed by atoms with Gasteiger partial charge in [-0.05, 0) is 65.7 Å². The highest BCUT2D eigenvalue weighted by molar-refractivity contribution is 6.26. The van der Waals surface area contributed by atoms with E-state index in [1.165, 1.54) is 10.8 Å². The van der Waals surface area contributed by atoms with Gasteiger partial charge in [0.25, 0.3) is 0 Å². The Kier molecular flexibility index (Phi) is 6.84. The van der Waals surface area contributed by atoms with E-state index in [0.29, 0.717) is 5.56 Å². The molecule has 10 rings (SSSR count). The number of nitriles is 1. The maximum atomic E-state index is 10.1. The molecule has 0 aliphatic rings. The van der Waals surface area contributed by atoms with Crippen LogP contribution in [0.15, 0.2) is 182 Å². The molecule has 3 aromatic heterocycles. The largest absolute Gasteiger partial charge is 0.309 e. The first-order valence-electron chi connectivity index (χ1n) is 17.5. The average Bonchev–Trinajstić information content (AvgIpc) is 3.74. The van der Waals surface area contributed by atoms with Gasteiger partial charge in [-0.25, -0.2) is 4.98 Å². The minimum atomic E-state index is 0.638. The number of aromatic nitrogens is 3. The zero-order valence-corrected chi connectivity index (χ0v) is 28.1. The van der Waals surface area contributed by atoms with Crippen LogP contribution in [-0.2, 0) is 0 Å². The zero-order valence-electron chi connectivity index (χ0n) is 28.1. The van der Waals surface area contributed by atoms with Gasteiger partial charge in [0.05, 0.1) is 44.7 Å². The van der Waals surface area contributed by atoms with Crippen molar-refractivity contribution >= 4 is 43.6 Å². The highest BCUT2D eigenvalue weighted by atomic mass is 15.0.